The first kappa shape index (κ1) is 15.9. The van der Waals surface area contributed by atoms with Crippen LogP contribution in [0.15, 0.2) is 48.8 Å². The minimum absolute atomic E-state index is 0.0728. The van der Waals surface area contributed by atoms with E-state index in [9.17, 15) is 4.79 Å². The number of benzene rings is 1. The standard InChI is InChI=1S/C18H18N4O2/c1-22-17(20-18(21-22)14-4-3-11-19-12-14)10-9-16(23)13-5-7-15(24-2)8-6-13/h3-8,11-12H,9-10H2,1-2H3. The van der Waals surface area contributed by atoms with Crippen LogP contribution in [0.1, 0.15) is 22.6 Å². The van der Waals surface area contributed by atoms with Crippen LogP contribution < -0.4 is 4.74 Å². The van der Waals surface area contributed by atoms with Gasteiger partial charge in [0, 0.05) is 43.4 Å². The Morgan fingerprint density at radius 3 is 2.67 bits per heavy atom. The summed E-state index contributed by atoms with van der Waals surface area (Å²) >= 11 is 0. The largest absolute Gasteiger partial charge is 0.497 e. The Bertz CT molecular complexity index is 826. The molecule has 0 bridgehead atoms. The smallest absolute Gasteiger partial charge is 0.182 e. The Balaban J connectivity index is 1.68. The molecule has 0 saturated heterocycles. The maximum atomic E-state index is 12.3. The number of ketones is 1. The van der Waals surface area contributed by atoms with E-state index in [1.54, 1.807) is 48.5 Å². The molecule has 6 nitrogen and oxygen atoms in total. The van der Waals surface area contributed by atoms with Crippen molar-refractivity contribution >= 4 is 5.78 Å². The third kappa shape index (κ3) is 3.48. The third-order valence-electron chi connectivity index (χ3n) is 3.76. The lowest BCUT2D eigenvalue weighted by Gasteiger charge is -2.03. The minimum Gasteiger partial charge on any atom is -0.497 e. The number of ether oxygens (including phenoxy) is 1. The fourth-order valence-corrected chi connectivity index (χ4v) is 2.40. The van der Waals surface area contributed by atoms with Gasteiger partial charge in [0.2, 0.25) is 0 Å². The summed E-state index contributed by atoms with van der Waals surface area (Å²) in [6.07, 6.45) is 4.35. The molecule has 0 unspecified atom stereocenters. The number of aromatic nitrogens is 4. The van der Waals surface area contributed by atoms with Crippen LogP contribution in [0.4, 0.5) is 0 Å². The van der Waals surface area contributed by atoms with E-state index in [0.29, 0.717) is 24.2 Å². The number of rotatable bonds is 6. The van der Waals surface area contributed by atoms with Crippen LogP contribution in [0, 0.1) is 0 Å². The van der Waals surface area contributed by atoms with Gasteiger partial charge < -0.3 is 4.74 Å². The molecule has 0 aliphatic rings. The second-order valence-electron chi connectivity index (χ2n) is 5.37. The number of methoxy groups -OCH3 is 1. The van der Waals surface area contributed by atoms with Crippen molar-refractivity contribution in [1.29, 1.82) is 0 Å². The minimum atomic E-state index is 0.0728. The highest BCUT2D eigenvalue weighted by Gasteiger charge is 2.12. The lowest BCUT2D eigenvalue weighted by Crippen LogP contribution is -2.05. The van der Waals surface area contributed by atoms with Gasteiger partial charge in [0.05, 0.1) is 7.11 Å². The summed E-state index contributed by atoms with van der Waals surface area (Å²) in [6, 6.07) is 10.9. The van der Waals surface area contributed by atoms with Crippen molar-refractivity contribution in [2.45, 2.75) is 12.8 Å². The highest BCUT2D eigenvalue weighted by atomic mass is 16.5. The summed E-state index contributed by atoms with van der Waals surface area (Å²) in [5.74, 6) is 2.21. The molecule has 0 N–H and O–H groups in total. The number of hydrogen-bond donors (Lipinski definition) is 0. The summed E-state index contributed by atoms with van der Waals surface area (Å²) in [7, 11) is 3.44. The van der Waals surface area contributed by atoms with Gasteiger partial charge in [0.1, 0.15) is 11.6 Å². The van der Waals surface area contributed by atoms with Gasteiger partial charge in [-0.1, -0.05) is 0 Å². The molecule has 122 valence electrons. The number of aryl methyl sites for hydroxylation is 2. The van der Waals surface area contributed by atoms with Crippen molar-refractivity contribution in [1.82, 2.24) is 19.7 Å². The molecule has 1 aromatic carbocycles. The molecule has 0 aliphatic heterocycles. The first-order chi connectivity index (χ1) is 11.7. The van der Waals surface area contributed by atoms with Crippen LogP contribution in [0.2, 0.25) is 0 Å². The van der Waals surface area contributed by atoms with E-state index in [4.69, 9.17) is 4.74 Å². The van der Waals surface area contributed by atoms with Gasteiger partial charge in [-0.05, 0) is 36.4 Å². The van der Waals surface area contributed by atoms with Gasteiger partial charge in [-0.15, -0.1) is 0 Å². The maximum Gasteiger partial charge on any atom is 0.182 e. The lowest BCUT2D eigenvalue weighted by atomic mass is 10.1. The molecule has 2 aromatic heterocycles. The molecule has 0 atom stereocenters. The molecule has 3 rings (SSSR count). The summed E-state index contributed by atoms with van der Waals surface area (Å²) < 4.78 is 6.81. The summed E-state index contributed by atoms with van der Waals surface area (Å²) in [6.45, 7) is 0. The lowest BCUT2D eigenvalue weighted by molar-refractivity contribution is 0.0982. The Labute approximate surface area is 140 Å². The predicted octanol–water partition coefficient (Wildman–Crippen LogP) is 2.70. The molecule has 2 heterocycles. The zero-order valence-electron chi connectivity index (χ0n) is 13.6. The van der Waals surface area contributed by atoms with Crippen molar-refractivity contribution in [3.8, 4) is 17.1 Å². The molecule has 24 heavy (non-hydrogen) atoms. The fraction of sp³-hybridized carbons (Fsp3) is 0.222. The van der Waals surface area contributed by atoms with Crippen molar-refractivity contribution in [3.63, 3.8) is 0 Å². The van der Waals surface area contributed by atoms with Gasteiger partial charge in [0.25, 0.3) is 0 Å². The quantitative estimate of drug-likeness (QED) is 0.653. The van der Waals surface area contributed by atoms with Crippen molar-refractivity contribution in [3.05, 3.63) is 60.2 Å². The predicted molar refractivity (Wildman–Crippen MR) is 89.9 cm³/mol. The molecular formula is C18H18N4O2. The number of pyridine rings is 1. The molecule has 0 fully saturated rings. The van der Waals surface area contributed by atoms with Crippen LogP contribution in [-0.4, -0.2) is 32.6 Å². The number of nitrogens with zero attached hydrogens (tertiary/aromatic N) is 4. The molecule has 0 aliphatic carbocycles. The van der Waals surface area contributed by atoms with Gasteiger partial charge in [0.15, 0.2) is 11.6 Å². The maximum absolute atomic E-state index is 12.3. The Morgan fingerprint density at radius 1 is 1.21 bits per heavy atom. The number of hydrogen-bond acceptors (Lipinski definition) is 5. The monoisotopic (exact) mass is 322 g/mol. The van der Waals surface area contributed by atoms with Gasteiger partial charge in [-0.2, -0.15) is 5.10 Å². The molecule has 6 heteroatoms. The third-order valence-corrected chi connectivity index (χ3v) is 3.76. The van der Waals surface area contributed by atoms with Gasteiger partial charge in [-0.25, -0.2) is 4.98 Å². The van der Waals surface area contributed by atoms with Crippen LogP contribution in [-0.2, 0) is 13.5 Å². The average Bonchev–Trinajstić information content (AvgIpc) is 3.01. The van der Waals surface area contributed by atoms with Gasteiger partial charge >= 0.3 is 0 Å². The molecule has 0 radical (unpaired) electrons. The van der Waals surface area contributed by atoms with E-state index in [0.717, 1.165) is 17.1 Å². The van der Waals surface area contributed by atoms with Crippen LogP contribution >= 0.6 is 0 Å². The molecule has 3 aromatic rings. The van der Waals surface area contributed by atoms with Crippen molar-refractivity contribution in [2.75, 3.05) is 7.11 Å². The molecule has 0 spiro atoms. The second-order valence-corrected chi connectivity index (χ2v) is 5.37. The number of carbonyl (C=O) groups is 1. The Kier molecular flexibility index (Phi) is 4.65. The van der Waals surface area contributed by atoms with Crippen molar-refractivity contribution < 1.29 is 9.53 Å². The zero-order valence-corrected chi connectivity index (χ0v) is 13.6. The summed E-state index contributed by atoms with van der Waals surface area (Å²) in [4.78, 5) is 20.9. The van der Waals surface area contributed by atoms with E-state index >= 15 is 0 Å². The van der Waals surface area contributed by atoms with Crippen LogP contribution in [0.5, 0.6) is 5.75 Å². The average molecular weight is 322 g/mol. The fourth-order valence-electron chi connectivity index (χ4n) is 2.40. The van der Waals surface area contributed by atoms with E-state index < -0.39 is 0 Å². The normalized spacial score (nSPS) is 10.6. The van der Waals surface area contributed by atoms with Gasteiger partial charge in [-0.3, -0.25) is 14.5 Å². The topological polar surface area (TPSA) is 69.9 Å². The zero-order chi connectivity index (χ0) is 16.9. The first-order valence-electron chi connectivity index (χ1n) is 7.65. The van der Waals surface area contributed by atoms with Crippen LogP contribution in [0.3, 0.4) is 0 Å². The molecule has 0 saturated carbocycles. The van der Waals surface area contributed by atoms with Crippen LogP contribution in [0.25, 0.3) is 11.4 Å². The van der Waals surface area contributed by atoms with E-state index in [1.165, 1.54) is 0 Å². The number of Topliss-reactive ketones (excluding diaryl/α,β-unsaturated/α-hetero) is 1. The highest BCUT2D eigenvalue weighted by molar-refractivity contribution is 5.96. The Hall–Kier alpha value is -3.02. The molecular weight excluding hydrogens is 304 g/mol. The SMILES string of the molecule is COc1ccc(C(=O)CCc2nc(-c3cccnc3)nn2C)cc1. The van der Waals surface area contributed by atoms with E-state index in [-0.39, 0.29) is 5.78 Å². The van der Waals surface area contributed by atoms with Crippen molar-refractivity contribution in [2.24, 2.45) is 7.05 Å². The second kappa shape index (κ2) is 7.04. The van der Waals surface area contributed by atoms with E-state index in [2.05, 4.69) is 15.1 Å². The van der Waals surface area contributed by atoms with E-state index in [1.807, 2.05) is 19.2 Å². The summed E-state index contributed by atoms with van der Waals surface area (Å²) in [5, 5.41) is 4.39. The number of carbonyl (C=O) groups excluding carboxylic acids is 1. The molecule has 0 amide bonds. The Morgan fingerprint density at radius 2 is 2.00 bits per heavy atom. The first-order valence-corrected chi connectivity index (χ1v) is 7.65. The summed E-state index contributed by atoms with van der Waals surface area (Å²) in [5.41, 5.74) is 1.53. The highest BCUT2D eigenvalue weighted by Crippen LogP contribution is 2.16.